The second-order valence-corrected chi connectivity index (χ2v) is 6.95. The van der Waals surface area contributed by atoms with Crippen molar-refractivity contribution in [2.75, 3.05) is 5.75 Å². The number of carboxylic acid groups (broad SMARTS) is 1. The van der Waals surface area contributed by atoms with Crippen LogP contribution in [0, 0.1) is 0 Å². The number of aliphatic carboxylic acids is 1. The van der Waals surface area contributed by atoms with Crippen LogP contribution in [0.25, 0.3) is 0 Å². The summed E-state index contributed by atoms with van der Waals surface area (Å²) in [7, 11) is 0. The highest BCUT2D eigenvalue weighted by molar-refractivity contribution is 8.00. The predicted octanol–water partition coefficient (Wildman–Crippen LogP) is 4.62. The maximum absolute atomic E-state index is 12.5. The lowest BCUT2D eigenvalue weighted by atomic mass is 9.83. The first-order chi connectivity index (χ1) is 11.6. The van der Waals surface area contributed by atoms with E-state index >= 15 is 0 Å². The summed E-state index contributed by atoms with van der Waals surface area (Å²) < 4.78 is 41.5. The Hall–Kier alpha value is -1.96. The smallest absolute Gasteiger partial charge is 0.478 e. The van der Waals surface area contributed by atoms with Crippen molar-refractivity contribution in [3.63, 3.8) is 0 Å². The molecule has 0 radical (unpaired) electrons. The lowest BCUT2D eigenvalue weighted by Gasteiger charge is -2.32. The van der Waals surface area contributed by atoms with E-state index in [1.807, 2.05) is 6.92 Å². The third kappa shape index (κ3) is 4.56. The van der Waals surface area contributed by atoms with Gasteiger partial charge in [-0.1, -0.05) is 19.1 Å². The molecule has 0 aliphatic carbocycles. The van der Waals surface area contributed by atoms with Crippen molar-refractivity contribution in [3.8, 4) is 5.75 Å². The Balaban J connectivity index is 2.53. The summed E-state index contributed by atoms with van der Waals surface area (Å²) in [6, 6.07) is 5.49. The Kier molecular flexibility index (Phi) is 5.82. The van der Waals surface area contributed by atoms with E-state index in [-0.39, 0.29) is 16.6 Å². The second kappa shape index (κ2) is 7.51. The predicted molar refractivity (Wildman–Crippen MR) is 91.2 cm³/mol. The minimum atomic E-state index is -4.80. The summed E-state index contributed by atoms with van der Waals surface area (Å²) in [5.41, 5.74) is 1.67. The van der Waals surface area contributed by atoms with Crippen LogP contribution in [0.5, 0.6) is 5.75 Å². The van der Waals surface area contributed by atoms with Crippen molar-refractivity contribution in [1.82, 2.24) is 0 Å². The van der Waals surface area contributed by atoms with Crippen molar-refractivity contribution in [3.05, 3.63) is 41.1 Å². The van der Waals surface area contributed by atoms with Gasteiger partial charge in [0.1, 0.15) is 5.75 Å². The van der Waals surface area contributed by atoms with Crippen LogP contribution in [-0.4, -0.2) is 34.2 Å². The van der Waals surface area contributed by atoms with E-state index in [1.54, 1.807) is 19.9 Å². The third-order valence-electron chi connectivity index (χ3n) is 3.79. The molecule has 4 nitrogen and oxygen atoms in total. The normalized spacial score (nSPS) is 21.1. The molecule has 0 amide bonds. The van der Waals surface area contributed by atoms with Gasteiger partial charge in [0.25, 0.3) is 0 Å². The molecule has 0 bridgehead atoms. The summed E-state index contributed by atoms with van der Waals surface area (Å²) in [6.07, 6.45) is -4.80. The molecule has 1 aliphatic rings. The van der Waals surface area contributed by atoms with Gasteiger partial charge in [0, 0.05) is 17.3 Å². The van der Waals surface area contributed by atoms with Crippen LogP contribution in [0.15, 0.2) is 40.5 Å². The zero-order valence-corrected chi connectivity index (χ0v) is 14.7. The molecule has 1 aromatic carbocycles. The van der Waals surface area contributed by atoms with Crippen LogP contribution in [0.2, 0.25) is 0 Å². The number of nitrogens with zero attached hydrogens (tertiary/aromatic N) is 1. The molecule has 0 saturated carbocycles. The fourth-order valence-corrected chi connectivity index (χ4v) is 4.08. The van der Waals surface area contributed by atoms with Gasteiger partial charge in [-0.05, 0) is 37.3 Å². The Bertz CT molecular complexity index is 728. The molecule has 0 saturated heterocycles. The first kappa shape index (κ1) is 19.4. The van der Waals surface area contributed by atoms with Crippen molar-refractivity contribution in [2.24, 2.45) is 4.99 Å². The highest BCUT2D eigenvalue weighted by Crippen LogP contribution is 2.41. The molecule has 0 spiro atoms. The molecule has 1 heterocycles. The van der Waals surface area contributed by atoms with Crippen LogP contribution >= 0.6 is 11.8 Å². The number of ether oxygens (including phenoxy) is 1. The largest absolute Gasteiger partial charge is 0.573 e. The lowest BCUT2D eigenvalue weighted by Crippen LogP contribution is -2.32. The molecular weight excluding hydrogens is 355 g/mol. The first-order valence-corrected chi connectivity index (χ1v) is 8.65. The van der Waals surface area contributed by atoms with Crippen molar-refractivity contribution >= 4 is 23.4 Å². The van der Waals surface area contributed by atoms with E-state index in [4.69, 9.17) is 0 Å². The minimum Gasteiger partial charge on any atom is -0.478 e. The number of thioether (sulfide) groups is 1. The molecule has 2 unspecified atom stereocenters. The summed E-state index contributed by atoms with van der Waals surface area (Å²) in [6.45, 7) is 5.34. The summed E-state index contributed by atoms with van der Waals surface area (Å²) >= 11 is 1.51. The van der Waals surface area contributed by atoms with Crippen LogP contribution in [0.4, 0.5) is 13.2 Å². The van der Waals surface area contributed by atoms with Gasteiger partial charge in [-0.15, -0.1) is 13.2 Å². The van der Waals surface area contributed by atoms with Gasteiger partial charge in [-0.3, -0.25) is 4.99 Å². The SMILES string of the molecule is CCSC1C(C)=NC(C)=C(C(=O)O)C1c1cccc(OC(F)(F)F)c1. The molecule has 1 N–H and O–H groups in total. The monoisotopic (exact) mass is 373 g/mol. The average molecular weight is 373 g/mol. The minimum absolute atomic E-state index is 0.0979. The van der Waals surface area contributed by atoms with Gasteiger partial charge < -0.3 is 9.84 Å². The number of halogens is 3. The molecule has 1 aliphatic heterocycles. The quantitative estimate of drug-likeness (QED) is 0.818. The third-order valence-corrected chi connectivity index (χ3v) is 5.09. The maximum atomic E-state index is 12.5. The summed E-state index contributed by atoms with van der Waals surface area (Å²) in [4.78, 5) is 16.1. The van der Waals surface area contributed by atoms with E-state index in [0.29, 0.717) is 11.3 Å². The molecule has 2 atom stereocenters. The molecule has 0 aromatic heterocycles. The van der Waals surface area contributed by atoms with Gasteiger partial charge in [0.05, 0.1) is 10.8 Å². The summed E-state index contributed by atoms with van der Waals surface area (Å²) in [5.74, 6) is -1.37. The Labute approximate surface area is 147 Å². The van der Waals surface area contributed by atoms with Crippen LogP contribution in [0.1, 0.15) is 32.3 Å². The molecule has 8 heteroatoms. The Morgan fingerprint density at radius 2 is 2.04 bits per heavy atom. The van der Waals surface area contributed by atoms with Crippen molar-refractivity contribution in [2.45, 2.75) is 38.3 Å². The molecule has 1 aromatic rings. The molecular formula is C17H18F3NO3S. The van der Waals surface area contributed by atoms with Crippen LogP contribution < -0.4 is 4.74 Å². The molecule has 2 rings (SSSR count). The van der Waals surface area contributed by atoms with Gasteiger partial charge in [-0.25, -0.2) is 4.79 Å². The van der Waals surface area contributed by atoms with E-state index in [1.165, 1.54) is 30.0 Å². The fourth-order valence-electron chi connectivity index (χ4n) is 2.94. The number of carboxylic acids is 1. The number of allylic oxidation sites excluding steroid dienone is 1. The maximum Gasteiger partial charge on any atom is 0.573 e. The number of rotatable bonds is 5. The van der Waals surface area contributed by atoms with Gasteiger partial charge >= 0.3 is 12.3 Å². The number of benzene rings is 1. The van der Waals surface area contributed by atoms with E-state index in [2.05, 4.69) is 9.73 Å². The van der Waals surface area contributed by atoms with E-state index in [9.17, 15) is 23.1 Å². The topological polar surface area (TPSA) is 58.9 Å². The van der Waals surface area contributed by atoms with Crippen molar-refractivity contribution < 1.29 is 27.8 Å². The zero-order valence-electron chi connectivity index (χ0n) is 13.9. The number of alkyl halides is 3. The molecule has 0 fully saturated rings. The highest BCUT2D eigenvalue weighted by Gasteiger charge is 2.37. The second-order valence-electron chi connectivity index (χ2n) is 5.53. The standard InChI is InChI=1S/C17H18F3NO3S/c1-4-25-15-10(3)21-9(2)13(16(22)23)14(15)11-6-5-7-12(8-11)24-17(18,19)20/h5-8,14-15H,4H2,1-3H3,(H,22,23). The first-order valence-electron chi connectivity index (χ1n) is 7.60. The Morgan fingerprint density at radius 3 is 2.60 bits per heavy atom. The van der Waals surface area contributed by atoms with Gasteiger partial charge in [-0.2, -0.15) is 11.8 Å². The lowest BCUT2D eigenvalue weighted by molar-refractivity contribution is -0.274. The summed E-state index contributed by atoms with van der Waals surface area (Å²) in [5, 5.41) is 9.36. The number of aliphatic imine (C=N–C) groups is 1. The van der Waals surface area contributed by atoms with Crippen LogP contribution in [0.3, 0.4) is 0 Å². The number of hydrogen-bond donors (Lipinski definition) is 1. The molecule has 136 valence electrons. The average Bonchev–Trinajstić information content (AvgIpc) is 2.47. The van der Waals surface area contributed by atoms with Crippen molar-refractivity contribution in [1.29, 1.82) is 0 Å². The zero-order chi connectivity index (χ0) is 18.8. The number of hydrogen-bond acceptors (Lipinski definition) is 4. The highest BCUT2D eigenvalue weighted by atomic mass is 32.2. The molecule has 25 heavy (non-hydrogen) atoms. The van der Waals surface area contributed by atoms with Crippen LogP contribution in [-0.2, 0) is 4.79 Å². The van der Waals surface area contributed by atoms with Gasteiger partial charge in [0.2, 0.25) is 0 Å². The van der Waals surface area contributed by atoms with Gasteiger partial charge in [0.15, 0.2) is 0 Å². The Morgan fingerprint density at radius 1 is 1.36 bits per heavy atom. The fraction of sp³-hybridized carbons (Fsp3) is 0.412. The number of carbonyl (C=O) groups is 1. The van der Waals surface area contributed by atoms with E-state index < -0.39 is 18.2 Å². The van der Waals surface area contributed by atoms with E-state index in [0.717, 1.165) is 11.5 Å².